The van der Waals surface area contributed by atoms with Crippen molar-refractivity contribution in [1.29, 1.82) is 0 Å². The molecule has 124 valence electrons. The fraction of sp³-hybridized carbons (Fsp3) is 0.667. The van der Waals surface area contributed by atoms with E-state index in [1.807, 2.05) is 19.2 Å². The van der Waals surface area contributed by atoms with Crippen LogP contribution in [-0.2, 0) is 16.1 Å². The Hall–Kier alpha value is -1.63. The van der Waals surface area contributed by atoms with Crippen molar-refractivity contribution in [3.63, 3.8) is 0 Å². The number of hydrogen-bond acceptors (Lipinski definition) is 5. The molecule has 1 N–H and O–H groups in total. The molecule has 0 fully saturated rings. The van der Waals surface area contributed by atoms with E-state index in [-0.39, 0.29) is 11.9 Å². The predicted molar refractivity (Wildman–Crippen MR) is 86.8 cm³/mol. The second-order valence-electron chi connectivity index (χ2n) is 5.88. The van der Waals surface area contributed by atoms with E-state index < -0.39 is 12.0 Å². The molecule has 0 radical (unpaired) electrons. The van der Waals surface area contributed by atoms with Crippen LogP contribution in [0.4, 0.5) is 4.79 Å². The molecule has 0 saturated carbocycles. The maximum Gasteiger partial charge on any atom is 0.328 e. The summed E-state index contributed by atoms with van der Waals surface area (Å²) in [6.07, 6.45) is 0. The van der Waals surface area contributed by atoms with Gasteiger partial charge in [-0.2, -0.15) is 0 Å². The molecule has 6 nitrogen and oxygen atoms in total. The van der Waals surface area contributed by atoms with Gasteiger partial charge in [0.1, 0.15) is 6.04 Å². The average Bonchev–Trinajstić information content (AvgIpc) is 2.91. The number of nitrogens with zero attached hydrogens (tertiary/aromatic N) is 2. The highest BCUT2D eigenvalue weighted by Crippen LogP contribution is 2.19. The van der Waals surface area contributed by atoms with Crippen molar-refractivity contribution in [2.75, 3.05) is 14.2 Å². The fourth-order valence-electron chi connectivity index (χ4n) is 1.84. The zero-order chi connectivity index (χ0) is 16.9. The summed E-state index contributed by atoms with van der Waals surface area (Å²) >= 11 is 1.60. The zero-order valence-corrected chi connectivity index (χ0v) is 14.9. The number of ether oxygens (including phenoxy) is 1. The number of amides is 2. The Bertz CT molecular complexity index is 514. The maximum absolute atomic E-state index is 12.2. The van der Waals surface area contributed by atoms with Crippen molar-refractivity contribution in [1.82, 2.24) is 15.2 Å². The van der Waals surface area contributed by atoms with Gasteiger partial charge < -0.3 is 15.0 Å². The minimum absolute atomic E-state index is 0.0448. The lowest BCUT2D eigenvalue weighted by Crippen LogP contribution is -2.49. The third kappa shape index (κ3) is 4.98. The predicted octanol–water partition coefficient (Wildman–Crippen LogP) is 2.61. The molecule has 1 atom stereocenters. The summed E-state index contributed by atoms with van der Waals surface area (Å²) in [6, 6.07) is -0.968. The van der Waals surface area contributed by atoms with Crippen LogP contribution in [0, 0.1) is 5.92 Å². The van der Waals surface area contributed by atoms with E-state index in [0.717, 1.165) is 10.7 Å². The van der Waals surface area contributed by atoms with Gasteiger partial charge in [-0.1, -0.05) is 27.7 Å². The van der Waals surface area contributed by atoms with E-state index in [1.165, 1.54) is 12.0 Å². The Labute approximate surface area is 135 Å². The SMILES string of the molecule is COC(=O)[C@@H](NC(=O)N(C)Cc1csc(C(C)C)n1)C(C)C. The normalized spacial score (nSPS) is 12.4. The summed E-state index contributed by atoms with van der Waals surface area (Å²) < 4.78 is 4.72. The van der Waals surface area contributed by atoms with E-state index in [1.54, 1.807) is 18.4 Å². The van der Waals surface area contributed by atoms with Gasteiger partial charge >= 0.3 is 12.0 Å². The van der Waals surface area contributed by atoms with E-state index in [2.05, 4.69) is 24.1 Å². The molecule has 0 aliphatic carbocycles. The van der Waals surface area contributed by atoms with Crippen molar-refractivity contribution in [2.45, 2.75) is 46.2 Å². The van der Waals surface area contributed by atoms with E-state index in [9.17, 15) is 9.59 Å². The van der Waals surface area contributed by atoms with E-state index in [4.69, 9.17) is 4.74 Å². The summed E-state index contributed by atoms with van der Waals surface area (Å²) in [4.78, 5) is 29.9. The first-order valence-electron chi connectivity index (χ1n) is 7.30. The lowest BCUT2D eigenvalue weighted by Gasteiger charge is -2.23. The van der Waals surface area contributed by atoms with Gasteiger partial charge in [-0.15, -0.1) is 11.3 Å². The Morgan fingerprint density at radius 3 is 2.45 bits per heavy atom. The first kappa shape index (κ1) is 18.4. The molecule has 1 aromatic heterocycles. The Kier molecular flexibility index (Phi) is 6.80. The van der Waals surface area contributed by atoms with Gasteiger partial charge in [0.2, 0.25) is 0 Å². The minimum Gasteiger partial charge on any atom is -0.467 e. The van der Waals surface area contributed by atoms with Crippen LogP contribution >= 0.6 is 11.3 Å². The summed E-state index contributed by atoms with van der Waals surface area (Å²) in [7, 11) is 2.99. The van der Waals surface area contributed by atoms with Gasteiger partial charge in [0.05, 0.1) is 24.4 Å². The molecule has 0 saturated heterocycles. The second kappa shape index (κ2) is 8.12. The average molecular weight is 327 g/mol. The van der Waals surface area contributed by atoms with Crippen LogP contribution in [0.25, 0.3) is 0 Å². The maximum atomic E-state index is 12.2. The summed E-state index contributed by atoms with van der Waals surface area (Å²) in [5.74, 6) is -0.105. The van der Waals surface area contributed by atoms with Gasteiger partial charge in [-0.3, -0.25) is 0 Å². The molecule has 22 heavy (non-hydrogen) atoms. The Balaban J connectivity index is 2.65. The highest BCUT2D eigenvalue weighted by atomic mass is 32.1. The van der Waals surface area contributed by atoms with Crippen LogP contribution in [0.1, 0.15) is 44.3 Å². The number of aromatic nitrogens is 1. The number of methoxy groups -OCH3 is 1. The molecule has 1 rings (SSSR count). The molecule has 2 amide bonds. The van der Waals surface area contributed by atoms with E-state index in [0.29, 0.717) is 12.5 Å². The van der Waals surface area contributed by atoms with Crippen molar-refractivity contribution >= 4 is 23.3 Å². The quantitative estimate of drug-likeness (QED) is 0.815. The standard InChI is InChI=1S/C15H25N3O3S/c1-9(2)12(14(19)21-6)17-15(20)18(5)7-11-8-22-13(16-11)10(3)4/h8-10,12H,7H2,1-6H3,(H,17,20)/t12-/m0/s1. The highest BCUT2D eigenvalue weighted by Gasteiger charge is 2.26. The van der Waals surface area contributed by atoms with Crippen LogP contribution in [0.15, 0.2) is 5.38 Å². The lowest BCUT2D eigenvalue weighted by molar-refractivity contribution is -0.144. The van der Waals surface area contributed by atoms with E-state index >= 15 is 0 Å². The highest BCUT2D eigenvalue weighted by molar-refractivity contribution is 7.09. The topological polar surface area (TPSA) is 71.5 Å². The van der Waals surface area contributed by atoms with Gasteiger partial charge in [0.25, 0.3) is 0 Å². The molecular weight excluding hydrogens is 302 g/mol. The molecule has 0 spiro atoms. The van der Waals surface area contributed by atoms with Gasteiger partial charge in [0, 0.05) is 18.3 Å². The van der Waals surface area contributed by atoms with Crippen molar-refractivity contribution in [2.24, 2.45) is 5.92 Å². The molecule has 0 bridgehead atoms. The molecule has 0 aromatic carbocycles. The summed E-state index contributed by atoms with van der Waals surface area (Å²) in [5.41, 5.74) is 0.852. The molecule has 0 aliphatic heterocycles. The number of hydrogen-bond donors (Lipinski definition) is 1. The summed E-state index contributed by atoms with van der Waals surface area (Å²) in [6.45, 7) is 8.29. The number of nitrogens with one attached hydrogen (secondary N) is 1. The van der Waals surface area contributed by atoms with Crippen molar-refractivity contribution in [3.8, 4) is 0 Å². The Morgan fingerprint density at radius 1 is 1.36 bits per heavy atom. The van der Waals surface area contributed by atoms with Crippen LogP contribution in [0.3, 0.4) is 0 Å². The largest absolute Gasteiger partial charge is 0.467 e. The second-order valence-corrected chi connectivity index (χ2v) is 6.77. The number of carbonyl (C=O) groups is 2. The van der Waals surface area contributed by atoms with Crippen molar-refractivity contribution < 1.29 is 14.3 Å². The molecule has 0 aliphatic rings. The molecule has 1 heterocycles. The minimum atomic E-state index is -0.651. The molecule has 1 aromatic rings. The number of esters is 1. The van der Waals surface area contributed by atoms with Gasteiger partial charge in [-0.25, -0.2) is 14.6 Å². The monoisotopic (exact) mass is 327 g/mol. The smallest absolute Gasteiger partial charge is 0.328 e. The van der Waals surface area contributed by atoms with Crippen LogP contribution < -0.4 is 5.32 Å². The first-order valence-corrected chi connectivity index (χ1v) is 8.18. The molecule has 0 unspecified atom stereocenters. The third-order valence-electron chi connectivity index (χ3n) is 3.21. The van der Waals surface area contributed by atoms with Crippen LogP contribution in [0.5, 0.6) is 0 Å². The Morgan fingerprint density at radius 2 is 2.00 bits per heavy atom. The number of rotatable bonds is 6. The van der Waals surface area contributed by atoms with Crippen LogP contribution in [-0.4, -0.2) is 42.1 Å². The third-order valence-corrected chi connectivity index (χ3v) is 4.40. The fourth-order valence-corrected chi connectivity index (χ4v) is 2.67. The van der Waals surface area contributed by atoms with Gasteiger partial charge in [-0.05, 0) is 5.92 Å². The number of urea groups is 1. The number of carbonyl (C=O) groups excluding carboxylic acids is 2. The number of thiazole rings is 1. The molecular formula is C15H25N3O3S. The molecule has 7 heteroatoms. The van der Waals surface area contributed by atoms with Gasteiger partial charge in [0.15, 0.2) is 0 Å². The summed E-state index contributed by atoms with van der Waals surface area (Å²) in [5, 5.41) is 5.72. The van der Waals surface area contributed by atoms with Crippen molar-refractivity contribution in [3.05, 3.63) is 16.1 Å². The lowest BCUT2D eigenvalue weighted by atomic mass is 10.1. The zero-order valence-electron chi connectivity index (χ0n) is 14.0. The van der Waals surface area contributed by atoms with Crippen LogP contribution in [0.2, 0.25) is 0 Å². The first-order chi connectivity index (χ1) is 10.3.